The minimum atomic E-state index is 0.0272. The third-order valence-electron chi connectivity index (χ3n) is 4.18. The predicted molar refractivity (Wildman–Crippen MR) is 92.8 cm³/mol. The molecule has 0 aliphatic heterocycles. The first-order chi connectivity index (χ1) is 11.8. The Hall–Kier alpha value is -2.59. The molecule has 0 atom stereocenters. The summed E-state index contributed by atoms with van der Waals surface area (Å²) in [7, 11) is 0. The van der Waals surface area contributed by atoms with Crippen LogP contribution in [0.5, 0.6) is 5.75 Å². The molecule has 1 heterocycles. The predicted octanol–water partition coefficient (Wildman–Crippen LogP) is 3.63. The summed E-state index contributed by atoms with van der Waals surface area (Å²) in [5.41, 5.74) is 4.39. The van der Waals surface area contributed by atoms with E-state index in [1.165, 1.54) is 29.5 Å². The summed E-state index contributed by atoms with van der Waals surface area (Å²) in [6.07, 6.45) is 6.36. The highest BCUT2D eigenvalue weighted by molar-refractivity contribution is 5.64. The quantitative estimate of drug-likeness (QED) is 0.754. The van der Waals surface area contributed by atoms with E-state index in [1.54, 1.807) is 6.20 Å². The molecule has 0 unspecified atom stereocenters. The van der Waals surface area contributed by atoms with Crippen LogP contribution < -0.4 is 4.74 Å². The Morgan fingerprint density at radius 2 is 1.62 bits per heavy atom. The van der Waals surface area contributed by atoms with E-state index in [0.717, 1.165) is 11.3 Å². The van der Waals surface area contributed by atoms with Gasteiger partial charge < -0.3 is 9.84 Å². The van der Waals surface area contributed by atoms with E-state index in [0.29, 0.717) is 12.6 Å². The van der Waals surface area contributed by atoms with Gasteiger partial charge in [-0.15, -0.1) is 0 Å². The lowest BCUT2D eigenvalue weighted by Crippen LogP contribution is -1.99. The van der Waals surface area contributed by atoms with E-state index in [2.05, 4.69) is 41.5 Å². The third kappa shape index (κ3) is 3.49. The van der Waals surface area contributed by atoms with Gasteiger partial charge in [-0.25, -0.2) is 0 Å². The van der Waals surface area contributed by atoms with Gasteiger partial charge in [-0.2, -0.15) is 5.10 Å². The lowest BCUT2D eigenvalue weighted by atomic mass is 10.0. The molecule has 1 saturated carbocycles. The molecule has 1 aliphatic rings. The smallest absolute Gasteiger partial charge is 0.119 e. The minimum absolute atomic E-state index is 0.0272. The lowest BCUT2D eigenvalue weighted by molar-refractivity contribution is 0.281. The second-order valence-electron chi connectivity index (χ2n) is 6.24. The number of nitrogens with zero attached hydrogens (tertiary/aromatic N) is 2. The zero-order chi connectivity index (χ0) is 16.4. The van der Waals surface area contributed by atoms with Gasteiger partial charge in [-0.1, -0.05) is 36.4 Å². The van der Waals surface area contributed by atoms with E-state index >= 15 is 0 Å². The van der Waals surface area contributed by atoms with Crippen molar-refractivity contribution in [3.63, 3.8) is 0 Å². The Labute approximate surface area is 141 Å². The Bertz CT molecular complexity index is 802. The summed E-state index contributed by atoms with van der Waals surface area (Å²) in [6, 6.07) is 16.8. The monoisotopic (exact) mass is 320 g/mol. The summed E-state index contributed by atoms with van der Waals surface area (Å²) < 4.78 is 7.62. The SMILES string of the molecule is OCc1cnn(Cc2ccc(-c3ccc(OC4CC4)cc3)cc2)c1. The standard InChI is InChI=1S/C20H20N2O2/c23-14-16-11-21-22(13-16)12-15-1-3-17(4-2-15)18-5-7-19(8-6-18)24-20-9-10-20/h1-8,11,13,20,23H,9-10,12,14H2. The highest BCUT2D eigenvalue weighted by Crippen LogP contribution is 2.28. The number of ether oxygens (including phenoxy) is 1. The number of rotatable bonds is 6. The summed E-state index contributed by atoms with van der Waals surface area (Å²) in [4.78, 5) is 0. The minimum Gasteiger partial charge on any atom is -0.490 e. The molecule has 0 saturated heterocycles. The van der Waals surface area contributed by atoms with Gasteiger partial charge in [0.15, 0.2) is 0 Å². The first-order valence-corrected chi connectivity index (χ1v) is 8.28. The third-order valence-corrected chi connectivity index (χ3v) is 4.18. The molecule has 4 heteroatoms. The Morgan fingerprint density at radius 3 is 2.21 bits per heavy atom. The van der Waals surface area contributed by atoms with Crippen molar-refractivity contribution >= 4 is 0 Å². The van der Waals surface area contributed by atoms with Gasteiger partial charge in [-0.05, 0) is 41.7 Å². The Morgan fingerprint density at radius 1 is 0.958 bits per heavy atom. The van der Waals surface area contributed by atoms with E-state index in [-0.39, 0.29) is 6.61 Å². The summed E-state index contributed by atoms with van der Waals surface area (Å²) >= 11 is 0. The Kier molecular flexibility index (Phi) is 4.05. The van der Waals surface area contributed by atoms with Gasteiger partial charge in [0.05, 0.1) is 25.5 Å². The molecule has 0 radical (unpaired) electrons. The normalized spacial score (nSPS) is 13.9. The first kappa shape index (κ1) is 15.0. The number of aliphatic hydroxyl groups is 1. The molecule has 0 spiro atoms. The number of benzene rings is 2. The molecule has 3 aromatic rings. The average molecular weight is 320 g/mol. The summed E-state index contributed by atoms with van der Waals surface area (Å²) in [5.74, 6) is 0.955. The molecule has 1 N–H and O–H groups in total. The van der Waals surface area contributed by atoms with Crippen LogP contribution in [0.25, 0.3) is 11.1 Å². The molecule has 24 heavy (non-hydrogen) atoms. The molecule has 1 fully saturated rings. The zero-order valence-electron chi connectivity index (χ0n) is 13.4. The molecular weight excluding hydrogens is 300 g/mol. The number of aliphatic hydroxyl groups excluding tert-OH is 1. The summed E-state index contributed by atoms with van der Waals surface area (Å²) in [5, 5.41) is 13.3. The largest absolute Gasteiger partial charge is 0.490 e. The van der Waals surface area contributed by atoms with Crippen LogP contribution in [-0.4, -0.2) is 21.0 Å². The summed E-state index contributed by atoms with van der Waals surface area (Å²) in [6.45, 7) is 0.730. The van der Waals surface area contributed by atoms with Crippen molar-refractivity contribution in [2.45, 2.75) is 32.1 Å². The zero-order valence-corrected chi connectivity index (χ0v) is 13.4. The van der Waals surface area contributed by atoms with Gasteiger partial charge in [0.2, 0.25) is 0 Å². The second-order valence-corrected chi connectivity index (χ2v) is 6.24. The van der Waals surface area contributed by atoms with Gasteiger partial charge in [0.1, 0.15) is 5.75 Å². The molecule has 0 amide bonds. The van der Waals surface area contributed by atoms with Crippen LogP contribution in [0.1, 0.15) is 24.0 Å². The van der Waals surface area contributed by atoms with Crippen LogP contribution in [0, 0.1) is 0 Å². The molecule has 1 aromatic heterocycles. The number of aromatic nitrogens is 2. The van der Waals surface area contributed by atoms with E-state index < -0.39 is 0 Å². The number of hydrogen-bond donors (Lipinski definition) is 1. The molecule has 1 aliphatic carbocycles. The van der Waals surface area contributed by atoms with E-state index in [1.807, 2.05) is 23.0 Å². The molecule has 4 rings (SSSR count). The van der Waals surface area contributed by atoms with Crippen molar-refractivity contribution in [2.75, 3.05) is 0 Å². The van der Waals surface area contributed by atoms with Gasteiger partial charge >= 0.3 is 0 Å². The fourth-order valence-corrected chi connectivity index (χ4v) is 2.67. The van der Waals surface area contributed by atoms with Crippen molar-refractivity contribution in [1.29, 1.82) is 0 Å². The van der Waals surface area contributed by atoms with Crippen molar-refractivity contribution < 1.29 is 9.84 Å². The number of hydrogen-bond acceptors (Lipinski definition) is 3. The van der Waals surface area contributed by atoms with Crippen LogP contribution in [0.15, 0.2) is 60.9 Å². The fourth-order valence-electron chi connectivity index (χ4n) is 2.67. The average Bonchev–Trinajstić information content (AvgIpc) is 3.32. The van der Waals surface area contributed by atoms with Crippen LogP contribution >= 0.6 is 0 Å². The maximum absolute atomic E-state index is 9.09. The van der Waals surface area contributed by atoms with Gasteiger partial charge in [0.25, 0.3) is 0 Å². The van der Waals surface area contributed by atoms with Crippen LogP contribution in [0.3, 0.4) is 0 Å². The molecule has 2 aromatic carbocycles. The molecular formula is C20H20N2O2. The highest BCUT2D eigenvalue weighted by Gasteiger charge is 2.23. The fraction of sp³-hybridized carbons (Fsp3) is 0.250. The van der Waals surface area contributed by atoms with Gasteiger partial charge in [-0.3, -0.25) is 4.68 Å². The topological polar surface area (TPSA) is 47.3 Å². The molecule has 4 nitrogen and oxygen atoms in total. The molecule has 122 valence electrons. The van der Waals surface area contributed by atoms with Gasteiger partial charge in [0, 0.05) is 11.8 Å². The van der Waals surface area contributed by atoms with Crippen LogP contribution in [0.2, 0.25) is 0 Å². The Balaban J connectivity index is 1.44. The van der Waals surface area contributed by atoms with Crippen molar-refractivity contribution in [2.24, 2.45) is 0 Å². The first-order valence-electron chi connectivity index (χ1n) is 8.28. The van der Waals surface area contributed by atoms with Crippen LogP contribution in [0.4, 0.5) is 0 Å². The highest BCUT2D eigenvalue weighted by atomic mass is 16.5. The molecule has 0 bridgehead atoms. The second kappa shape index (κ2) is 6.49. The van der Waals surface area contributed by atoms with E-state index in [9.17, 15) is 0 Å². The maximum atomic E-state index is 9.09. The van der Waals surface area contributed by atoms with Crippen LogP contribution in [-0.2, 0) is 13.2 Å². The van der Waals surface area contributed by atoms with Crippen molar-refractivity contribution in [3.05, 3.63) is 72.1 Å². The van der Waals surface area contributed by atoms with Crippen molar-refractivity contribution in [3.8, 4) is 16.9 Å². The maximum Gasteiger partial charge on any atom is 0.119 e. The lowest BCUT2D eigenvalue weighted by Gasteiger charge is -2.07. The van der Waals surface area contributed by atoms with Crippen molar-refractivity contribution in [1.82, 2.24) is 9.78 Å². The van der Waals surface area contributed by atoms with E-state index in [4.69, 9.17) is 9.84 Å².